The van der Waals surface area contributed by atoms with E-state index in [1.807, 2.05) is 0 Å². The first-order valence-corrected chi connectivity index (χ1v) is 9.78. The molecule has 3 saturated carbocycles. The van der Waals surface area contributed by atoms with Crippen molar-refractivity contribution in [3.05, 3.63) is 42.4 Å². The first-order valence-electron chi connectivity index (χ1n) is 9.78. The SMILES string of the molecule is O=C(COc1ccc(C(F)(F)F)nc1)NC12CC(C(=O)Nc3ccc(OC(F)(F)F)cn3)(C1)C2. The molecule has 0 saturated heterocycles. The Morgan fingerprint density at radius 2 is 1.59 bits per heavy atom. The minimum Gasteiger partial charge on any atom is -0.482 e. The van der Waals surface area contributed by atoms with Crippen LogP contribution in [0.4, 0.5) is 32.2 Å². The van der Waals surface area contributed by atoms with Crippen molar-refractivity contribution >= 4 is 17.6 Å². The average Bonchev–Trinajstić information content (AvgIpc) is 2.68. The van der Waals surface area contributed by atoms with Gasteiger partial charge in [0.05, 0.1) is 17.8 Å². The summed E-state index contributed by atoms with van der Waals surface area (Å²) in [5.74, 6) is -1.34. The van der Waals surface area contributed by atoms with E-state index in [9.17, 15) is 35.9 Å². The van der Waals surface area contributed by atoms with Crippen LogP contribution in [0.3, 0.4) is 0 Å². The summed E-state index contributed by atoms with van der Waals surface area (Å²) in [7, 11) is 0. The third-order valence-corrected chi connectivity index (χ3v) is 5.52. The molecule has 5 rings (SSSR count). The Hall–Kier alpha value is -3.58. The number of pyridine rings is 2. The van der Waals surface area contributed by atoms with Gasteiger partial charge in [0.25, 0.3) is 5.91 Å². The highest BCUT2D eigenvalue weighted by Gasteiger charge is 2.72. The zero-order chi connectivity index (χ0) is 24.8. The number of hydrogen-bond acceptors (Lipinski definition) is 6. The number of carbonyl (C=O) groups is 2. The molecular formula is C20H16F6N4O4. The third-order valence-electron chi connectivity index (χ3n) is 5.52. The highest BCUT2D eigenvalue weighted by atomic mass is 19.4. The number of ether oxygens (including phenoxy) is 2. The van der Waals surface area contributed by atoms with E-state index in [-0.39, 0.29) is 17.5 Å². The number of nitrogens with one attached hydrogen (secondary N) is 2. The van der Waals surface area contributed by atoms with Crippen LogP contribution in [0.25, 0.3) is 0 Å². The van der Waals surface area contributed by atoms with Gasteiger partial charge in [0, 0.05) is 5.54 Å². The van der Waals surface area contributed by atoms with Crippen LogP contribution in [0.1, 0.15) is 25.0 Å². The van der Waals surface area contributed by atoms with E-state index < -0.39 is 47.5 Å². The van der Waals surface area contributed by atoms with Crippen molar-refractivity contribution < 1.29 is 45.4 Å². The van der Waals surface area contributed by atoms with Crippen molar-refractivity contribution in [3.63, 3.8) is 0 Å². The number of amides is 2. The van der Waals surface area contributed by atoms with Crippen LogP contribution in [0.5, 0.6) is 11.5 Å². The molecule has 2 heterocycles. The van der Waals surface area contributed by atoms with Crippen molar-refractivity contribution in [3.8, 4) is 11.5 Å². The number of rotatable bonds is 7. The van der Waals surface area contributed by atoms with Gasteiger partial charge in [-0.15, -0.1) is 13.2 Å². The standard InChI is InChI=1S/C20H16F6N4O4/c21-19(22,23)13-3-1-11(5-27-13)33-7-15(31)30-18-8-17(9-18,10-18)16(32)29-14-4-2-12(6-28-14)34-20(24,25)26/h1-6H,7-10H2,(H,30,31)(H,28,29,32). The Labute approximate surface area is 187 Å². The van der Waals surface area contributed by atoms with Crippen molar-refractivity contribution in [2.45, 2.75) is 37.3 Å². The summed E-state index contributed by atoms with van der Waals surface area (Å²) in [5, 5.41) is 5.29. The van der Waals surface area contributed by atoms with E-state index in [2.05, 4.69) is 25.3 Å². The monoisotopic (exact) mass is 490 g/mol. The van der Waals surface area contributed by atoms with Crippen LogP contribution in [0.2, 0.25) is 0 Å². The Morgan fingerprint density at radius 1 is 0.941 bits per heavy atom. The third kappa shape index (κ3) is 4.99. The fourth-order valence-corrected chi connectivity index (χ4v) is 4.17. The summed E-state index contributed by atoms with van der Waals surface area (Å²) in [6.45, 7) is -0.440. The number of anilines is 1. The molecule has 3 fully saturated rings. The van der Waals surface area contributed by atoms with Crippen molar-refractivity contribution in [1.82, 2.24) is 15.3 Å². The number of alkyl halides is 6. The molecule has 34 heavy (non-hydrogen) atoms. The molecule has 3 aliphatic rings. The molecule has 14 heteroatoms. The zero-order valence-electron chi connectivity index (χ0n) is 17.1. The smallest absolute Gasteiger partial charge is 0.482 e. The molecule has 0 aromatic carbocycles. The van der Waals surface area contributed by atoms with Crippen molar-refractivity contribution in [2.75, 3.05) is 11.9 Å². The fraction of sp³-hybridized carbons (Fsp3) is 0.400. The van der Waals surface area contributed by atoms with E-state index >= 15 is 0 Å². The lowest BCUT2D eigenvalue weighted by atomic mass is 9.39. The van der Waals surface area contributed by atoms with Gasteiger partial charge in [-0.05, 0) is 43.5 Å². The summed E-state index contributed by atoms with van der Waals surface area (Å²) >= 11 is 0. The molecule has 0 radical (unpaired) electrons. The van der Waals surface area contributed by atoms with Crippen molar-refractivity contribution in [1.29, 1.82) is 0 Å². The molecule has 0 spiro atoms. The minimum atomic E-state index is -4.85. The highest BCUT2D eigenvalue weighted by Crippen LogP contribution is 2.67. The number of nitrogens with zero attached hydrogens (tertiary/aromatic N) is 2. The topological polar surface area (TPSA) is 102 Å². The summed E-state index contributed by atoms with van der Waals surface area (Å²) in [6, 6.07) is 3.99. The minimum absolute atomic E-state index is 0.00394. The molecule has 3 aliphatic carbocycles. The van der Waals surface area contributed by atoms with Gasteiger partial charge in [0.1, 0.15) is 23.0 Å². The second-order valence-electron chi connectivity index (χ2n) is 8.19. The molecular weight excluding hydrogens is 474 g/mol. The summed E-state index contributed by atoms with van der Waals surface area (Å²) in [5.41, 5.74) is -2.37. The molecule has 8 nitrogen and oxygen atoms in total. The van der Waals surface area contributed by atoms with Crippen LogP contribution in [0.15, 0.2) is 36.7 Å². The molecule has 0 aliphatic heterocycles. The predicted molar refractivity (Wildman–Crippen MR) is 101 cm³/mol. The Kier molecular flexibility index (Phi) is 5.56. The predicted octanol–water partition coefficient (Wildman–Crippen LogP) is 3.45. The van der Waals surface area contributed by atoms with Gasteiger partial charge in [0.15, 0.2) is 6.61 Å². The normalized spacial score (nSPS) is 23.2. The zero-order valence-corrected chi connectivity index (χ0v) is 17.1. The molecule has 0 atom stereocenters. The van der Waals surface area contributed by atoms with E-state index in [1.165, 1.54) is 6.07 Å². The first-order chi connectivity index (χ1) is 15.8. The second kappa shape index (κ2) is 8.02. The maximum absolute atomic E-state index is 12.5. The molecule has 182 valence electrons. The van der Waals surface area contributed by atoms with Crippen LogP contribution >= 0.6 is 0 Å². The van der Waals surface area contributed by atoms with Crippen LogP contribution < -0.4 is 20.1 Å². The van der Waals surface area contributed by atoms with Gasteiger partial charge in [-0.2, -0.15) is 13.2 Å². The largest absolute Gasteiger partial charge is 0.573 e. The maximum atomic E-state index is 12.5. The Bertz CT molecular complexity index is 1070. The molecule has 2 amide bonds. The maximum Gasteiger partial charge on any atom is 0.573 e. The van der Waals surface area contributed by atoms with Crippen LogP contribution in [0, 0.1) is 5.41 Å². The number of halogens is 6. The Morgan fingerprint density at radius 3 is 2.12 bits per heavy atom. The number of carbonyl (C=O) groups excluding carboxylic acids is 2. The van der Waals surface area contributed by atoms with E-state index in [0.717, 1.165) is 30.6 Å². The fourth-order valence-electron chi connectivity index (χ4n) is 4.17. The lowest BCUT2D eigenvalue weighted by molar-refractivity contribution is -0.274. The molecule has 0 unspecified atom stereocenters. The molecule has 2 N–H and O–H groups in total. The van der Waals surface area contributed by atoms with Crippen molar-refractivity contribution in [2.24, 2.45) is 5.41 Å². The second-order valence-corrected chi connectivity index (χ2v) is 8.19. The van der Waals surface area contributed by atoms with Gasteiger partial charge < -0.3 is 20.1 Å². The summed E-state index contributed by atoms with van der Waals surface area (Å²) < 4.78 is 82.9. The van der Waals surface area contributed by atoms with Gasteiger partial charge in [-0.25, -0.2) is 9.97 Å². The van der Waals surface area contributed by atoms with E-state index in [0.29, 0.717) is 19.3 Å². The average molecular weight is 490 g/mol. The highest BCUT2D eigenvalue weighted by molar-refractivity contribution is 5.98. The molecule has 2 bridgehead atoms. The quantitative estimate of drug-likeness (QED) is 0.577. The summed E-state index contributed by atoms with van der Waals surface area (Å²) in [6.07, 6.45) is -6.66. The summed E-state index contributed by atoms with van der Waals surface area (Å²) in [4.78, 5) is 31.6. The van der Waals surface area contributed by atoms with E-state index in [4.69, 9.17) is 4.74 Å². The van der Waals surface area contributed by atoms with Crippen LogP contribution in [-0.4, -0.2) is 40.3 Å². The number of aromatic nitrogens is 2. The van der Waals surface area contributed by atoms with E-state index in [1.54, 1.807) is 0 Å². The van der Waals surface area contributed by atoms with Gasteiger partial charge in [-0.3, -0.25) is 9.59 Å². The lowest BCUT2D eigenvalue weighted by Gasteiger charge is -2.69. The Balaban J connectivity index is 1.21. The van der Waals surface area contributed by atoms with Crippen LogP contribution in [-0.2, 0) is 15.8 Å². The molecule has 2 aromatic rings. The lowest BCUT2D eigenvalue weighted by Crippen LogP contribution is -2.78. The number of hydrogen-bond donors (Lipinski definition) is 2. The van der Waals surface area contributed by atoms with Gasteiger partial charge in [-0.1, -0.05) is 0 Å². The molecule has 2 aromatic heterocycles. The van der Waals surface area contributed by atoms with Gasteiger partial charge in [0.2, 0.25) is 5.91 Å². The first kappa shape index (κ1) is 23.6. The van der Waals surface area contributed by atoms with Gasteiger partial charge >= 0.3 is 12.5 Å².